The van der Waals surface area contributed by atoms with Gasteiger partial charge in [-0.25, -0.2) is 9.37 Å². The van der Waals surface area contributed by atoms with Gasteiger partial charge in [0.05, 0.1) is 16.3 Å². The van der Waals surface area contributed by atoms with Crippen LogP contribution >= 0.6 is 11.3 Å². The molecule has 2 aromatic rings. The number of carbonyl (C=O) groups is 1. The minimum Gasteiger partial charge on any atom is -0.352 e. The summed E-state index contributed by atoms with van der Waals surface area (Å²) in [7, 11) is 0. The third kappa shape index (κ3) is 3.42. The molecule has 0 aliphatic carbocycles. The molecule has 0 bridgehead atoms. The zero-order chi connectivity index (χ0) is 14.5. The van der Waals surface area contributed by atoms with E-state index in [9.17, 15) is 9.18 Å². The van der Waals surface area contributed by atoms with E-state index >= 15 is 0 Å². The average molecular weight is 292 g/mol. The molecule has 0 spiro atoms. The Kier molecular flexibility index (Phi) is 4.84. The highest BCUT2D eigenvalue weighted by Gasteiger charge is 2.11. The fourth-order valence-electron chi connectivity index (χ4n) is 1.95. The van der Waals surface area contributed by atoms with E-state index in [0.717, 1.165) is 17.1 Å². The molecule has 1 aromatic carbocycles. The van der Waals surface area contributed by atoms with E-state index in [2.05, 4.69) is 24.1 Å². The topological polar surface area (TPSA) is 42.0 Å². The second kappa shape index (κ2) is 6.61. The molecular formula is C15H17FN2OS. The smallest absolute Gasteiger partial charge is 0.254 e. The van der Waals surface area contributed by atoms with Gasteiger partial charge in [-0.3, -0.25) is 4.79 Å². The van der Waals surface area contributed by atoms with E-state index in [-0.39, 0.29) is 11.5 Å². The summed E-state index contributed by atoms with van der Waals surface area (Å²) in [5.41, 5.74) is 1.20. The predicted molar refractivity (Wildman–Crippen MR) is 78.7 cm³/mol. The van der Waals surface area contributed by atoms with Crippen LogP contribution in [-0.4, -0.2) is 17.4 Å². The summed E-state index contributed by atoms with van der Waals surface area (Å²) in [5.74, 6) is -0.879. The van der Waals surface area contributed by atoms with Crippen molar-refractivity contribution in [2.24, 2.45) is 0 Å². The van der Waals surface area contributed by atoms with E-state index in [0.29, 0.717) is 13.0 Å². The van der Waals surface area contributed by atoms with Gasteiger partial charge in [-0.15, -0.1) is 11.3 Å². The third-order valence-electron chi connectivity index (χ3n) is 3.01. The summed E-state index contributed by atoms with van der Waals surface area (Å²) in [6.07, 6.45) is 1.59. The first-order valence-corrected chi connectivity index (χ1v) is 7.41. The lowest BCUT2D eigenvalue weighted by atomic mass is 10.2. The maximum Gasteiger partial charge on any atom is 0.254 e. The van der Waals surface area contributed by atoms with E-state index < -0.39 is 5.82 Å². The molecule has 0 saturated heterocycles. The van der Waals surface area contributed by atoms with Gasteiger partial charge in [-0.1, -0.05) is 19.1 Å². The zero-order valence-corrected chi connectivity index (χ0v) is 12.4. The first-order valence-electron chi connectivity index (χ1n) is 6.59. The molecule has 1 amide bonds. The second-order valence-electron chi connectivity index (χ2n) is 4.45. The maximum absolute atomic E-state index is 13.4. The number of benzene rings is 1. The van der Waals surface area contributed by atoms with Gasteiger partial charge in [0.15, 0.2) is 0 Å². The normalized spacial score (nSPS) is 10.6. The van der Waals surface area contributed by atoms with E-state index in [1.807, 2.05) is 0 Å². The monoisotopic (exact) mass is 292 g/mol. The fourth-order valence-corrected chi connectivity index (χ4v) is 2.97. The van der Waals surface area contributed by atoms with E-state index in [1.54, 1.807) is 23.5 Å². The maximum atomic E-state index is 13.4. The average Bonchev–Trinajstić information content (AvgIpc) is 2.79. The van der Waals surface area contributed by atoms with Crippen LogP contribution in [0.2, 0.25) is 0 Å². The van der Waals surface area contributed by atoms with E-state index in [4.69, 9.17) is 0 Å². The van der Waals surface area contributed by atoms with Crippen LogP contribution in [-0.2, 0) is 12.8 Å². The van der Waals surface area contributed by atoms with Gasteiger partial charge >= 0.3 is 0 Å². The molecule has 0 saturated carbocycles. The Hall–Kier alpha value is -1.75. The van der Waals surface area contributed by atoms with E-state index in [1.165, 1.54) is 17.0 Å². The summed E-state index contributed by atoms with van der Waals surface area (Å²) in [5, 5.41) is 3.73. The lowest BCUT2D eigenvalue weighted by Crippen LogP contribution is -2.26. The number of amides is 1. The number of carbonyl (C=O) groups excluding carboxylic acids is 1. The molecule has 20 heavy (non-hydrogen) atoms. The Balaban J connectivity index is 1.89. The Morgan fingerprint density at radius 3 is 2.80 bits per heavy atom. The number of hydrogen-bond acceptors (Lipinski definition) is 3. The van der Waals surface area contributed by atoms with Crippen molar-refractivity contribution in [2.75, 3.05) is 6.54 Å². The van der Waals surface area contributed by atoms with Crippen LogP contribution in [0.25, 0.3) is 0 Å². The summed E-state index contributed by atoms with van der Waals surface area (Å²) < 4.78 is 13.4. The van der Waals surface area contributed by atoms with Crippen molar-refractivity contribution < 1.29 is 9.18 Å². The Morgan fingerprint density at radius 2 is 2.15 bits per heavy atom. The predicted octanol–water partition coefficient (Wildman–Crippen LogP) is 3.13. The first kappa shape index (κ1) is 14.7. The molecule has 106 valence electrons. The molecule has 0 aliphatic heterocycles. The van der Waals surface area contributed by atoms with Gasteiger partial charge in [0.1, 0.15) is 5.82 Å². The quantitative estimate of drug-likeness (QED) is 0.920. The highest BCUT2D eigenvalue weighted by Crippen LogP contribution is 2.18. The molecule has 0 unspecified atom stereocenters. The number of hydrogen-bond donors (Lipinski definition) is 1. The highest BCUT2D eigenvalue weighted by atomic mass is 32.1. The van der Waals surface area contributed by atoms with Gasteiger partial charge in [0.25, 0.3) is 5.91 Å². The molecule has 0 radical (unpaired) electrons. The van der Waals surface area contributed by atoms with Crippen LogP contribution in [0.5, 0.6) is 0 Å². The van der Waals surface area contributed by atoms with Gasteiger partial charge in [-0.05, 0) is 25.5 Å². The second-order valence-corrected chi connectivity index (χ2v) is 5.74. The lowest BCUT2D eigenvalue weighted by molar-refractivity contribution is 0.0950. The number of aryl methyl sites for hydroxylation is 2. The molecule has 1 N–H and O–H groups in total. The third-order valence-corrected chi connectivity index (χ3v) is 4.09. The summed E-state index contributed by atoms with van der Waals surface area (Å²) >= 11 is 1.65. The standard InChI is InChI=1S/C15H17FN2OS/c1-3-13-10(2)20-14(18-13)8-9-17-15(19)11-6-4-5-7-12(11)16/h4-7H,3,8-9H2,1-2H3,(H,17,19). The van der Waals surface area contributed by atoms with Crippen molar-refractivity contribution in [3.8, 4) is 0 Å². The summed E-state index contributed by atoms with van der Waals surface area (Å²) in [4.78, 5) is 17.5. The molecule has 1 aromatic heterocycles. The summed E-state index contributed by atoms with van der Waals surface area (Å²) in [6, 6.07) is 5.98. The number of thiazole rings is 1. The van der Waals surface area contributed by atoms with Crippen LogP contribution in [0.15, 0.2) is 24.3 Å². The van der Waals surface area contributed by atoms with Crippen molar-refractivity contribution in [3.05, 3.63) is 51.2 Å². The number of rotatable bonds is 5. The van der Waals surface area contributed by atoms with Crippen molar-refractivity contribution >= 4 is 17.2 Å². The number of nitrogens with zero attached hydrogens (tertiary/aromatic N) is 1. The van der Waals surface area contributed by atoms with Gasteiger partial charge < -0.3 is 5.32 Å². The molecule has 0 fully saturated rings. The molecule has 3 nitrogen and oxygen atoms in total. The molecule has 2 rings (SSSR count). The number of nitrogens with one attached hydrogen (secondary N) is 1. The Labute approximate surface area is 121 Å². The van der Waals surface area contributed by atoms with Crippen molar-refractivity contribution in [1.29, 1.82) is 0 Å². The largest absolute Gasteiger partial charge is 0.352 e. The minimum absolute atomic E-state index is 0.0806. The molecule has 1 heterocycles. The zero-order valence-electron chi connectivity index (χ0n) is 11.6. The van der Waals surface area contributed by atoms with Gasteiger partial charge in [-0.2, -0.15) is 0 Å². The van der Waals surface area contributed by atoms with Crippen molar-refractivity contribution in [3.63, 3.8) is 0 Å². The Bertz CT molecular complexity index is 610. The highest BCUT2D eigenvalue weighted by molar-refractivity contribution is 7.11. The van der Waals surface area contributed by atoms with Gasteiger partial charge in [0.2, 0.25) is 0 Å². The molecule has 5 heteroatoms. The molecule has 0 atom stereocenters. The Morgan fingerprint density at radius 1 is 1.40 bits per heavy atom. The van der Waals surface area contributed by atoms with Crippen LogP contribution in [0.3, 0.4) is 0 Å². The van der Waals surface area contributed by atoms with Crippen LogP contribution in [0.1, 0.15) is 32.9 Å². The summed E-state index contributed by atoms with van der Waals surface area (Å²) in [6.45, 7) is 4.59. The molecule has 0 aliphatic rings. The molecular weight excluding hydrogens is 275 g/mol. The van der Waals surface area contributed by atoms with Crippen LogP contribution in [0.4, 0.5) is 4.39 Å². The first-order chi connectivity index (χ1) is 9.61. The lowest BCUT2D eigenvalue weighted by Gasteiger charge is -2.04. The number of halogens is 1. The van der Waals surface area contributed by atoms with Gasteiger partial charge in [0, 0.05) is 17.8 Å². The van der Waals surface area contributed by atoms with Crippen molar-refractivity contribution in [1.82, 2.24) is 10.3 Å². The SMILES string of the molecule is CCc1nc(CCNC(=O)c2ccccc2F)sc1C. The van der Waals surface area contributed by atoms with Crippen molar-refractivity contribution in [2.45, 2.75) is 26.7 Å². The minimum atomic E-state index is -0.497. The van der Waals surface area contributed by atoms with Crippen LogP contribution in [0, 0.1) is 12.7 Å². The van der Waals surface area contributed by atoms with Crippen LogP contribution < -0.4 is 5.32 Å². The fraction of sp³-hybridized carbons (Fsp3) is 0.333. The number of aromatic nitrogens is 1.